The molecular weight excluding hydrogens is 248 g/mol. The van der Waals surface area contributed by atoms with Crippen molar-refractivity contribution in [3.8, 4) is 0 Å². The summed E-state index contributed by atoms with van der Waals surface area (Å²) in [6, 6.07) is 1.65. The third kappa shape index (κ3) is 2.57. The average Bonchev–Trinajstić information content (AvgIpc) is 2.60. The molecule has 4 nitrogen and oxygen atoms in total. The molecular formula is C9H13BrN2O2. The summed E-state index contributed by atoms with van der Waals surface area (Å²) in [5, 5.41) is 4.45. The second-order valence-electron chi connectivity index (χ2n) is 2.90. The number of carbonyl (C=O) groups excluding carboxylic acids is 1. The van der Waals surface area contributed by atoms with Crippen molar-refractivity contribution >= 4 is 21.8 Å². The van der Waals surface area contributed by atoms with Crippen LogP contribution in [0.5, 0.6) is 0 Å². The maximum Gasteiger partial charge on any atom is 0.276 e. The highest BCUT2D eigenvalue weighted by molar-refractivity contribution is 9.09. The molecule has 0 bridgehead atoms. The second kappa shape index (κ2) is 5.14. The van der Waals surface area contributed by atoms with Crippen LogP contribution in [0.1, 0.15) is 23.2 Å². The van der Waals surface area contributed by atoms with Crippen LogP contribution in [0, 0.1) is 6.92 Å². The molecule has 0 spiro atoms. The first-order valence-corrected chi connectivity index (χ1v) is 5.59. The number of nitrogens with zero attached hydrogens (tertiary/aromatic N) is 2. The van der Waals surface area contributed by atoms with Gasteiger partial charge in [0.25, 0.3) is 5.91 Å². The number of aromatic nitrogens is 1. The summed E-state index contributed by atoms with van der Waals surface area (Å²) in [6.07, 6.45) is 0. The number of hydrogen-bond donors (Lipinski definition) is 0. The van der Waals surface area contributed by atoms with E-state index >= 15 is 0 Å². The fourth-order valence-corrected chi connectivity index (χ4v) is 1.56. The molecule has 0 radical (unpaired) electrons. The van der Waals surface area contributed by atoms with Crippen molar-refractivity contribution in [3.63, 3.8) is 0 Å². The molecule has 1 rings (SSSR count). The summed E-state index contributed by atoms with van der Waals surface area (Å²) in [4.78, 5) is 13.5. The zero-order valence-electron chi connectivity index (χ0n) is 8.29. The van der Waals surface area contributed by atoms with Gasteiger partial charge in [0.1, 0.15) is 5.76 Å². The maximum absolute atomic E-state index is 11.8. The van der Waals surface area contributed by atoms with Gasteiger partial charge in [-0.05, 0) is 13.8 Å². The third-order valence-electron chi connectivity index (χ3n) is 1.87. The lowest BCUT2D eigenvalue weighted by molar-refractivity contribution is 0.0764. The summed E-state index contributed by atoms with van der Waals surface area (Å²) in [6.45, 7) is 5.07. The first-order valence-electron chi connectivity index (χ1n) is 4.47. The Morgan fingerprint density at radius 2 is 2.43 bits per heavy atom. The van der Waals surface area contributed by atoms with Gasteiger partial charge in [-0.25, -0.2) is 0 Å². The van der Waals surface area contributed by atoms with Crippen molar-refractivity contribution in [1.82, 2.24) is 10.1 Å². The molecule has 0 unspecified atom stereocenters. The largest absolute Gasteiger partial charge is 0.361 e. The number of carbonyl (C=O) groups is 1. The van der Waals surface area contributed by atoms with Crippen LogP contribution in [0.4, 0.5) is 0 Å². The van der Waals surface area contributed by atoms with Crippen LogP contribution in [-0.2, 0) is 0 Å². The van der Waals surface area contributed by atoms with Gasteiger partial charge < -0.3 is 9.42 Å². The lowest BCUT2D eigenvalue weighted by atomic mass is 10.3. The van der Waals surface area contributed by atoms with Gasteiger partial charge in [0, 0.05) is 24.5 Å². The molecule has 78 valence electrons. The normalized spacial score (nSPS) is 10.2. The predicted molar refractivity (Wildman–Crippen MR) is 56.6 cm³/mol. The zero-order valence-corrected chi connectivity index (χ0v) is 9.87. The molecule has 0 aliphatic heterocycles. The van der Waals surface area contributed by atoms with E-state index in [2.05, 4.69) is 21.1 Å². The van der Waals surface area contributed by atoms with Gasteiger partial charge in [-0.15, -0.1) is 0 Å². The molecule has 0 aliphatic rings. The quantitative estimate of drug-likeness (QED) is 0.777. The smallest absolute Gasteiger partial charge is 0.276 e. The molecule has 0 fully saturated rings. The predicted octanol–water partition coefficient (Wildman–Crippen LogP) is 1.84. The summed E-state index contributed by atoms with van der Waals surface area (Å²) >= 11 is 3.30. The van der Waals surface area contributed by atoms with Crippen molar-refractivity contribution < 1.29 is 9.32 Å². The molecule has 1 aromatic rings. The molecule has 1 aromatic heterocycles. The molecule has 1 heterocycles. The van der Waals surface area contributed by atoms with Crippen LogP contribution in [0.3, 0.4) is 0 Å². The van der Waals surface area contributed by atoms with Gasteiger partial charge in [0.05, 0.1) is 0 Å². The molecule has 5 heteroatoms. The fourth-order valence-electron chi connectivity index (χ4n) is 1.13. The Kier molecular flexibility index (Phi) is 4.13. The Labute approximate surface area is 91.4 Å². The van der Waals surface area contributed by atoms with Crippen molar-refractivity contribution in [2.45, 2.75) is 13.8 Å². The Balaban J connectivity index is 2.72. The minimum atomic E-state index is -0.0798. The van der Waals surface area contributed by atoms with Crippen molar-refractivity contribution in [3.05, 3.63) is 17.5 Å². The molecule has 0 aromatic carbocycles. The molecule has 0 atom stereocenters. The zero-order chi connectivity index (χ0) is 10.6. The van der Waals surface area contributed by atoms with E-state index in [1.807, 2.05) is 6.92 Å². The van der Waals surface area contributed by atoms with E-state index in [0.717, 1.165) is 5.33 Å². The average molecular weight is 261 g/mol. The van der Waals surface area contributed by atoms with Crippen LogP contribution < -0.4 is 0 Å². The molecule has 1 amide bonds. The van der Waals surface area contributed by atoms with Crippen LogP contribution in [-0.4, -0.2) is 34.4 Å². The molecule has 14 heavy (non-hydrogen) atoms. The van der Waals surface area contributed by atoms with E-state index in [1.165, 1.54) is 0 Å². The highest BCUT2D eigenvalue weighted by atomic mass is 79.9. The van der Waals surface area contributed by atoms with Crippen molar-refractivity contribution in [2.75, 3.05) is 18.4 Å². The lowest BCUT2D eigenvalue weighted by Gasteiger charge is -2.17. The number of alkyl halides is 1. The number of aryl methyl sites for hydroxylation is 1. The van der Waals surface area contributed by atoms with E-state index < -0.39 is 0 Å². The number of rotatable bonds is 4. The van der Waals surface area contributed by atoms with E-state index in [4.69, 9.17) is 4.52 Å². The van der Waals surface area contributed by atoms with Gasteiger partial charge >= 0.3 is 0 Å². The molecule has 0 N–H and O–H groups in total. The fraction of sp³-hybridized carbons (Fsp3) is 0.556. The Bertz CT molecular complexity index is 312. The summed E-state index contributed by atoms with van der Waals surface area (Å²) < 4.78 is 4.85. The molecule has 0 saturated carbocycles. The van der Waals surface area contributed by atoms with Gasteiger partial charge in [-0.3, -0.25) is 4.79 Å². The minimum absolute atomic E-state index is 0.0798. The number of hydrogen-bond acceptors (Lipinski definition) is 3. The minimum Gasteiger partial charge on any atom is -0.361 e. The molecule has 0 aliphatic carbocycles. The van der Waals surface area contributed by atoms with Gasteiger partial charge in [-0.2, -0.15) is 0 Å². The highest BCUT2D eigenvalue weighted by Crippen LogP contribution is 2.06. The Morgan fingerprint density at radius 3 is 2.86 bits per heavy atom. The third-order valence-corrected chi connectivity index (χ3v) is 2.23. The van der Waals surface area contributed by atoms with Crippen LogP contribution >= 0.6 is 15.9 Å². The van der Waals surface area contributed by atoms with Gasteiger partial charge in [0.2, 0.25) is 0 Å². The number of amides is 1. The standard InChI is InChI=1S/C9H13BrN2O2/c1-3-12(5-4-10)9(13)8-6-7(2)14-11-8/h6H,3-5H2,1-2H3. The number of halogens is 1. The van der Waals surface area contributed by atoms with Crippen LogP contribution in [0.2, 0.25) is 0 Å². The Hall–Kier alpha value is -0.840. The SMILES string of the molecule is CCN(CCBr)C(=O)c1cc(C)on1. The summed E-state index contributed by atoms with van der Waals surface area (Å²) in [5.74, 6) is 0.576. The van der Waals surface area contributed by atoms with E-state index in [-0.39, 0.29) is 5.91 Å². The van der Waals surface area contributed by atoms with Gasteiger partial charge in [-0.1, -0.05) is 21.1 Å². The lowest BCUT2D eigenvalue weighted by Crippen LogP contribution is -2.32. The second-order valence-corrected chi connectivity index (χ2v) is 3.69. The van der Waals surface area contributed by atoms with E-state index in [0.29, 0.717) is 24.5 Å². The van der Waals surface area contributed by atoms with Crippen molar-refractivity contribution in [1.29, 1.82) is 0 Å². The monoisotopic (exact) mass is 260 g/mol. The summed E-state index contributed by atoms with van der Waals surface area (Å²) in [7, 11) is 0. The van der Waals surface area contributed by atoms with Crippen LogP contribution in [0.25, 0.3) is 0 Å². The van der Waals surface area contributed by atoms with Crippen LogP contribution in [0.15, 0.2) is 10.6 Å². The van der Waals surface area contributed by atoms with Crippen molar-refractivity contribution in [2.24, 2.45) is 0 Å². The first-order chi connectivity index (χ1) is 6.69. The summed E-state index contributed by atoms with van der Waals surface area (Å²) in [5.41, 5.74) is 0.380. The van der Waals surface area contributed by atoms with E-state index in [1.54, 1.807) is 17.9 Å². The highest BCUT2D eigenvalue weighted by Gasteiger charge is 2.16. The first kappa shape index (κ1) is 11.2. The van der Waals surface area contributed by atoms with Gasteiger partial charge in [0.15, 0.2) is 5.69 Å². The maximum atomic E-state index is 11.8. The topological polar surface area (TPSA) is 46.3 Å². The Morgan fingerprint density at radius 1 is 1.71 bits per heavy atom. The molecule has 0 saturated heterocycles. The van der Waals surface area contributed by atoms with E-state index in [9.17, 15) is 4.79 Å².